The highest BCUT2D eigenvalue weighted by atomic mass is 35.5. The Bertz CT molecular complexity index is 400. The second kappa shape index (κ2) is 8.02. The number of nitrogens with zero attached hydrogens (tertiary/aromatic N) is 1. The van der Waals surface area contributed by atoms with Crippen molar-refractivity contribution in [1.29, 1.82) is 0 Å². The summed E-state index contributed by atoms with van der Waals surface area (Å²) in [4.78, 5) is 2.28. The molecule has 0 radical (unpaired) electrons. The van der Waals surface area contributed by atoms with Crippen LogP contribution in [0.3, 0.4) is 0 Å². The number of benzene rings is 1. The van der Waals surface area contributed by atoms with Crippen molar-refractivity contribution in [3.05, 3.63) is 34.6 Å². The molecule has 6 heteroatoms. The Kier molecular flexibility index (Phi) is 7.04. The van der Waals surface area contributed by atoms with Crippen LogP contribution in [0, 0.1) is 5.82 Å². The molecular weight excluding hydrogens is 290 g/mol. The largest absolute Gasteiger partial charge is 0.396 e. The molecule has 2 N–H and O–H groups in total. The van der Waals surface area contributed by atoms with Crippen LogP contribution in [0.25, 0.3) is 0 Å². The normalized spacial score (nSPS) is 17.8. The standard InChI is InChI=1S/C13H18ClFN2O.ClH/c14-12-9-10(15)1-2-11(12)13(3-8-18)17-6-4-16-5-7-17;/h1-2,9,13,16,18H,3-8H2;1H/t13-;/m0./s1. The maximum absolute atomic E-state index is 13.1. The van der Waals surface area contributed by atoms with Gasteiger partial charge in [0.1, 0.15) is 5.82 Å². The Labute approximate surface area is 124 Å². The van der Waals surface area contributed by atoms with Crippen LogP contribution in [0.4, 0.5) is 4.39 Å². The maximum Gasteiger partial charge on any atom is 0.124 e. The van der Waals surface area contributed by atoms with Gasteiger partial charge in [0.15, 0.2) is 0 Å². The summed E-state index contributed by atoms with van der Waals surface area (Å²) in [5.41, 5.74) is 0.897. The Balaban J connectivity index is 0.00000180. The summed E-state index contributed by atoms with van der Waals surface area (Å²) in [6.07, 6.45) is 0.616. The fourth-order valence-electron chi connectivity index (χ4n) is 2.42. The van der Waals surface area contributed by atoms with E-state index in [1.165, 1.54) is 12.1 Å². The molecule has 19 heavy (non-hydrogen) atoms. The third-order valence-corrected chi connectivity index (χ3v) is 3.64. The minimum absolute atomic E-state index is 0. The van der Waals surface area contributed by atoms with Gasteiger partial charge in [0.2, 0.25) is 0 Å². The average molecular weight is 309 g/mol. The number of rotatable bonds is 4. The summed E-state index contributed by atoms with van der Waals surface area (Å²) >= 11 is 6.12. The lowest BCUT2D eigenvalue weighted by molar-refractivity contribution is 0.141. The van der Waals surface area contributed by atoms with E-state index in [9.17, 15) is 9.50 Å². The van der Waals surface area contributed by atoms with Crippen LogP contribution >= 0.6 is 24.0 Å². The van der Waals surface area contributed by atoms with Gasteiger partial charge in [-0.05, 0) is 24.1 Å². The predicted molar refractivity (Wildman–Crippen MR) is 77.5 cm³/mol. The van der Waals surface area contributed by atoms with E-state index in [2.05, 4.69) is 10.2 Å². The molecule has 108 valence electrons. The quantitative estimate of drug-likeness (QED) is 0.895. The van der Waals surface area contributed by atoms with Gasteiger partial charge in [-0.2, -0.15) is 0 Å². The number of aliphatic hydroxyl groups is 1. The van der Waals surface area contributed by atoms with E-state index in [0.717, 1.165) is 31.7 Å². The van der Waals surface area contributed by atoms with Crippen molar-refractivity contribution in [2.45, 2.75) is 12.5 Å². The Morgan fingerprint density at radius 3 is 2.63 bits per heavy atom. The van der Waals surface area contributed by atoms with Crippen molar-refractivity contribution in [3.63, 3.8) is 0 Å². The number of piperazine rings is 1. The molecule has 0 spiro atoms. The predicted octanol–water partition coefficient (Wildman–Crippen LogP) is 2.23. The molecule has 1 aliphatic heterocycles. The van der Waals surface area contributed by atoms with Gasteiger partial charge in [-0.3, -0.25) is 4.90 Å². The van der Waals surface area contributed by atoms with Gasteiger partial charge in [0.25, 0.3) is 0 Å². The van der Waals surface area contributed by atoms with Crippen LogP contribution in [0.5, 0.6) is 0 Å². The van der Waals surface area contributed by atoms with Gasteiger partial charge in [-0.1, -0.05) is 17.7 Å². The van der Waals surface area contributed by atoms with Gasteiger partial charge in [0.05, 0.1) is 0 Å². The fraction of sp³-hybridized carbons (Fsp3) is 0.538. The Hall–Kier alpha value is -0.390. The molecule has 0 aliphatic carbocycles. The van der Waals surface area contributed by atoms with Gasteiger partial charge < -0.3 is 10.4 Å². The molecule has 0 bridgehead atoms. The van der Waals surface area contributed by atoms with E-state index in [0.29, 0.717) is 11.4 Å². The van der Waals surface area contributed by atoms with Gasteiger partial charge in [-0.25, -0.2) is 4.39 Å². The van der Waals surface area contributed by atoms with Crippen molar-refractivity contribution >= 4 is 24.0 Å². The molecule has 3 nitrogen and oxygen atoms in total. The molecular formula is C13H19Cl2FN2O. The first-order valence-electron chi connectivity index (χ1n) is 6.23. The molecule has 0 amide bonds. The van der Waals surface area contributed by atoms with Gasteiger partial charge in [0, 0.05) is 43.9 Å². The zero-order valence-corrected chi connectivity index (χ0v) is 12.2. The van der Waals surface area contributed by atoms with Crippen LogP contribution in [0.15, 0.2) is 18.2 Å². The lowest BCUT2D eigenvalue weighted by Crippen LogP contribution is -2.45. The molecule has 1 aromatic rings. The molecule has 0 saturated carbocycles. The van der Waals surface area contributed by atoms with Crippen molar-refractivity contribution in [1.82, 2.24) is 10.2 Å². The third kappa shape index (κ3) is 4.29. The number of aliphatic hydroxyl groups excluding tert-OH is 1. The topological polar surface area (TPSA) is 35.5 Å². The van der Waals surface area contributed by atoms with Crippen LogP contribution in [-0.2, 0) is 0 Å². The summed E-state index contributed by atoms with van der Waals surface area (Å²) in [5.74, 6) is -0.327. The number of nitrogens with one attached hydrogen (secondary N) is 1. The van der Waals surface area contributed by atoms with Crippen molar-refractivity contribution in [2.75, 3.05) is 32.8 Å². The van der Waals surface area contributed by atoms with Crippen LogP contribution < -0.4 is 5.32 Å². The lowest BCUT2D eigenvalue weighted by atomic mass is 10.0. The zero-order valence-electron chi connectivity index (χ0n) is 10.6. The number of hydrogen-bond acceptors (Lipinski definition) is 3. The van der Waals surface area contributed by atoms with Gasteiger partial charge in [-0.15, -0.1) is 12.4 Å². The summed E-state index contributed by atoms with van der Waals surface area (Å²) < 4.78 is 13.1. The fourth-order valence-corrected chi connectivity index (χ4v) is 2.72. The first-order valence-corrected chi connectivity index (χ1v) is 6.60. The van der Waals surface area contributed by atoms with Crippen LogP contribution in [0.2, 0.25) is 5.02 Å². The van der Waals surface area contributed by atoms with E-state index in [-0.39, 0.29) is 30.9 Å². The summed E-state index contributed by atoms with van der Waals surface area (Å²) in [6.45, 7) is 3.79. The monoisotopic (exact) mass is 308 g/mol. The smallest absolute Gasteiger partial charge is 0.124 e. The second-order valence-electron chi connectivity index (χ2n) is 4.48. The Morgan fingerprint density at radius 1 is 1.37 bits per heavy atom. The van der Waals surface area contributed by atoms with E-state index >= 15 is 0 Å². The third-order valence-electron chi connectivity index (χ3n) is 3.32. The summed E-state index contributed by atoms with van der Waals surface area (Å²) in [6, 6.07) is 4.54. The van der Waals surface area contributed by atoms with E-state index in [1.807, 2.05) is 0 Å². The summed E-state index contributed by atoms with van der Waals surface area (Å²) in [7, 11) is 0. The molecule has 1 fully saturated rings. The molecule has 1 aromatic carbocycles. The first kappa shape index (κ1) is 16.7. The zero-order chi connectivity index (χ0) is 13.0. The minimum atomic E-state index is -0.327. The highest BCUT2D eigenvalue weighted by molar-refractivity contribution is 6.31. The Morgan fingerprint density at radius 2 is 2.05 bits per heavy atom. The molecule has 1 heterocycles. The molecule has 1 atom stereocenters. The van der Waals surface area contributed by atoms with Crippen molar-refractivity contribution in [2.24, 2.45) is 0 Å². The van der Waals surface area contributed by atoms with E-state index in [1.54, 1.807) is 6.07 Å². The summed E-state index contributed by atoms with van der Waals surface area (Å²) in [5, 5.41) is 12.9. The lowest BCUT2D eigenvalue weighted by Gasteiger charge is -2.35. The van der Waals surface area contributed by atoms with Crippen LogP contribution in [-0.4, -0.2) is 42.8 Å². The van der Waals surface area contributed by atoms with Gasteiger partial charge >= 0.3 is 0 Å². The molecule has 0 aromatic heterocycles. The average Bonchev–Trinajstić information content (AvgIpc) is 2.38. The second-order valence-corrected chi connectivity index (χ2v) is 4.89. The molecule has 2 rings (SSSR count). The molecule has 0 unspecified atom stereocenters. The highest BCUT2D eigenvalue weighted by Gasteiger charge is 2.23. The van der Waals surface area contributed by atoms with Crippen LogP contribution in [0.1, 0.15) is 18.0 Å². The highest BCUT2D eigenvalue weighted by Crippen LogP contribution is 2.30. The van der Waals surface area contributed by atoms with Crippen molar-refractivity contribution < 1.29 is 9.50 Å². The van der Waals surface area contributed by atoms with E-state index < -0.39 is 0 Å². The number of halogens is 3. The SMILES string of the molecule is Cl.OCC[C@@H](c1ccc(F)cc1Cl)N1CCNCC1. The molecule has 1 saturated heterocycles. The molecule has 1 aliphatic rings. The first-order chi connectivity index (χ1) is 8.72. The minimum Gasteiger partial charge on any atom is -0.396 e. The number of hydrogen-bond donors (Lipinski definition) is 2. The van der Waals surface area contributed by atoms with E-state index in [4.69, 9.17) is 11.6 Å². The maximum atomic E-state index is 13.1. The van der Waals surface area contributed by atoms with Crippen molar-refractivity contribution in [3.8, 4) is 0 Å².